The Hall–Kier alpha value is -1.39. The number of ether oxygens (including phenoxy) is 1. The smallest absolute Gasteiger partial charge is 0.475 e. The van der Waals surface area contributed by atoms with Crippen molar-refractivity contribution in [2.45, 2.75) is 64.5 Å². The molecular weight excluding hydrogens is 383 g/mol. The van der Waals surface area contributed by atoms with Crippen LogP contribution in [0.4, 0.5) is 13.2 Å². The number of aliphatic carboxylic acids is 1. The second-order valence-corrected chi connectivity index (χ2v) is 12.5. The zero-order valence-corrected chi connectivity index (χ0v) is 17.7. The average molecular weight is 414 g/mol. The number of nitrogens with one attached hydrogen (secondary N) is 1. The lowest BCUT2D eigenvalue weighted by Gasteiger charge is -2.41. The Labute approximate surface area is 159 Å². The van der Waals surface area contributed by atoms with Gasteiger partial charge in [0.15, 0.2) is 8.32 Å². The number of hydrogen-bond donors (Lipinski definition) is 2. The van der Waals surface area contributed by atoms with E-state index in [4.69, 9.17) is 19.1 Å². The fraction of sp³-hybridized carbons (Fsp3) is 0.765. The highest BCUT2D eigenvalue weighted by Gasteiger charge is 2.40. The van der Waals surface area contributed by atoms with Crippen LogP contribution in [-0.2, 0) is 18.8 Å². The van der Waals surface area contributed by atoms with E-state index in [1.54, 1.807) is 0 Å². The average Bonchev–Trinajstić information content (AvgIpc) is 2.47. The van der Waals surface area contributed by atoms with Gasteiger partial charge in [-0.05, 0) is 42.7 Å². The number of rotatable bonds is 4. The van der Waals surface area contributed by atoms with Gasteiger partial charge in [-0.3, -0.25) is 4.79 Å². The van der Waals surface area contributed by atoms with Crippen LogP contribution < -0.4 is 5.32 Å². The van der Waals surface area contributed by atoms with E-state index in [1.807, 2.05) is 6.08 Å². The summed E-state index contributed by atoms with van der Waals surface area (Å²) in [5.41, 5.74) is 1.21. The summed E-state index contributed by atoms with van der Waals surface area (Å²) in [5, 5.41) is 10.7. The minimum atomic E-state index is -5.08. The van der Waals surface area contributed by atoms with Crippen molar-refractivity contribution < 1.29 is 37.0 Å². The molecule has 1 atom stereocenters. The third-order valence-corrected chi connectivity index (χ3v) is 8.93. The lowest BCUT2D eigenvalue weighted by molar-refractivity contribution is -0.192. The van der Waals surface area contributed by atoms with Crippen LogP contribution in [0.3, 0.4) is 0 Å². The lowest BCUT2D eigenvalue weighted by Crippen LogP contribution is -2.47. The summed E-state index contributed by atoms with van der Waals surface area (Å²) in [4.78, 5) is 19.7. The molecule has 0 amide bonds. The van der Waals surface area contributed by atoms with E-state index in [9.17, 15) is 18.0 Å². The summed E-state index contributed by atoms with van der Waals surface area (Å²) in [5.74, 6) is -3.00. The van der Waals surface area contributed by atoms with Gasteiger partial charge in [-0.25, -0.2) is 4.79 Å². The molecule has 2 N–H and O–H groups in total. The molecule has 1 aliphatic heterocycles. The van der Waals surface area contributed by atoms with Crippen LogP contribution in [-0.4, -0.2) is 57.3 Å². The molecule has 0 spiro atoms. The Morgan fingerprint density at radius 3 is 2.22 bits per heavy atom. The number of carboxylic acid groups (broad SMARTS) is 1. The Bertz CT molecular complexity index is 542. The first-order chi connectivity index (χ1) is 12.1. The maximum absolute atomic E-state index is 10.8. The van der Waals surface area contributed by atoms with E-state index < -0.39 is 20.5 Å². The van der Waals surface area contributed by atoms with Gasteiger partial charge in [-0.1, -0.05) is 20.8 Å². The van der Waals surface area contributed by atoms with Crippen LogP contribution in [0, 0.1) is 0 Å². The number of carbonyl (C=O) groups is 2. The zero-order chi connectivity index (χ0) is 21.5. The van der Waals surface area contributed by atoms with Crippen molar-refractivity contribution in [3.8, 4) is 0 Å². The molecule has 6 nitrogen and oxygen atoms in total. The quantitative estimate of drug-likeness (QED) is 0.417. The molecule has 27 heavy (non-hydrogen) atoms. The molecule has 0 radical (unpaired) electrons. The van der Waals surface area contributed by atoms with Crippen molar-refractivity contribution in [3.05, 3.63) is 11.6 Å². The van der Waals surface area contributed by atoms with Crippen molar-refractivity contribution in [2.24, 2.45) is 0 Å². The van der Waals surface area contributed by atoms with Crippen molar-refractivity contribution in [1.29, 1.82) is 0 Å². The summed E-state index contributed by atoms with van der Waals surface area (Å²) in [6.07, 6.45) is -1.95. The largest absolute Gasteiger partial charge is 0.490 e. The first kappa shape index (κ1) is 25.6. The second kappa shape index (κ2) is 10.2. The fourth-order valence-electron chi connectivity index (χ4n) is 1.90. The molecule has 0 aromatic carbocycles. The second-order valence-electron chi connectivity index (χ2n) is 7.72. The number of piperidine rings is 1. The summed E-state index contributed by atoms with van der Waals surface area (Å²) in [6, 6.07) is 0. The Kier molecular flexibility index (Phi) is 9.71. The molecule has 0 aliphatic carbocycles. The number of hydrogen-bond acceptors (Lipinski definition) is 5. The van der Waals surface area contributed by atoms with Crippen LogP contribution in [0.5, 0.6) is 0 Å². The van der Waals surface area contributed by atoms with Gasteiger partial charge in [-0.2, -0.15) is 13.2 Å². The molecule has 1 saturated heterocycles. The molecule has 1 aliphatic rings. The number of carbonyl (C=O) groups excluding carboxylic acids is 1. The molecule has 10 heteroatoms. The number of alkyl halides is 3. The monoisotopic (exact) mass is 413 g/mol. The molecule has 1 fully saturated rings. The molecule has 0 aromatic rings. The molecule has 158 valence electrons. The van der Waals surface area contributed by atoms with E-state index in [-0.39, 0.29) is 17.1 Å². The topological polar surface area (TPSA) is 84.9 Å². The van der Waals surface area contributed by atoms with Crippen molar-refractivity contribution >= 4 is 20.3 Å². The van der Waals surface area contributed by atoms with Gasteiger partial charge < -0.3 is 19.6 Å². The van der Waals surface area contributed by atoms with Gasteiger partial charge in [0.2, 0.25) is 0 Å². The van der Waals surface area contributed by atoms with E-state index in [1.165, 1.54) is 12.5 Å². The van der Waals surface area contributed by atoms with Crippen LogP contribution in [0.2, 0.25) is 18.1 Å². The summed E-state index contributed by atoms with van der Waals surface area (Å²) >= 11 is 0. The predicted molar refractivity (Wildman–Crippen MR) is 98.0 cm³/mol. The molecule has 1 unspecified atom stereocenters. The standard InChI is InChI=1S/C15H29NO3Si.C2HF3O2/c1-12(17)18-10-8-13-11-16-9-7-14(13)19-20(5,6)15(2,3)4;3-2(4,5)1(6)7/h8,14,16H,7,9-11H2,1-6H3;(H,6,7)/b13-8+;. The van der Waals surface area contributed by atoms with E-state index in [2.05, 4.69) is 39.2 Å². The molecule has 0 aromatic heterocycles. The number of carboxylic acids is 1. The number of halogens is 3. The maximum Gasteiger partial charge on any atom is 0.490 e. The Morgan fingerprint density at radius 2 is 1.81 bits per heavy atom. The normalized spacial score (nSPS) is 19.9. The van der Waals surface area contributed by atoms with Crippen molar-refractivity contribution in [3.63, 3.8) is 0 Å². The minimum absolute atomic E-state index is 0.160. The van der Waals surface area contributed by atoms with Crippen LogP contribution in [0.1, 0.15) is 34.1 Å². The third-order valence-electron chi connectivity index (χ3n) is 4.44. The first-order valence-electron chi connectivity index (χ1n) is 8.59. The van der Waals surface area contributed by atoms with E-state index in [0.717, 1.165) is 19.5 Å². The van der Waals surface area contributed by atoms with Crippen molar-refractivity contribution in [1.82, 2.24) is 5.32 Å². The van der Waals surface area contributed by atoms with Crippen molar-refractivity contribution in [2.75, 3.05) is 19.7 Å². The van der Waals surface area contributed by atoms with Gasteiger partial charge in [-0.15, -0.1) is 0 Å². The predicted octanol–water partition coefficient (Wildman–Crippen LogP) is 3.49. The minimum Gasteiger partial charge on any atom is -0.475 e. The van der Waals surface area contributed by atoms with Crippen LogP contribution in [0.25, 0.3) is 0 Å². The van der Waals surface area contributed by atoms with Crippen LogP contribution in [0.15, 0.2) is 11.6 Å². The third kappa shape index (κ3) is 9.92. The molecule has 0 bridgehead atoms. The SMILES string of the molecule is CC(=O)OC/C=C1\CNCCC1O[Si](C)(C)C(C)(C)C.O=C(O)C(F)(F)F. The molecule has 0 saturated carbocycles. The Balaban J connectivity index is 0.000000821. The van der Waals surface area contributed by atoms with E-state index in [0.29, 0.717) is 6.61 Å². The van der Waals surface area contributed by atoms with Gasteiger partial charge >= 0.3 is 18.1 Å². The van der Waals surface area contributed by atoms with Gasteiger partial charge in [0.25, 0.3) is 0 Å². The summed E-state index contributed by atoms with van der Waals surface area (Å²) < 4.78 is 43.2. The van der Waals surface area contributed by atoms with Crippen LogP contribution >= 0.6 is 0 Å². The first-order valence-corrected chi connectivity index (χ1v) is 11.5. The molecule has 1 rings (SSSR count). The number of esters is 1. The summed E-state index contributed by atoms with van der Waals surface area (Å²) in [7, 11) is -1.77. The van der Waals surface area contributed by atoms with Gasteiger partial charge in [0, 0.05) is 13.5 Å². The molecule has 1 heterocycles. The zero-order valence-electron chi connectivity index (χ0n) is 16.7. The Morgan fingerprint density at radius 1 is 1.30 bits per heavy atom. The van der Waals surface area contributed by atoms with Gasteiger partial charge in [0.05, 0.1) is 6.10 Å². The highest BCUT2D eigenvalue weighted by atomic mass is 28.4. The van der Waals surface area contributed by atoms with Gasteiger partial charge in [0.1, 0.15) is 6.61 Å². The molecular formula is C17H30F3NO5Si. The highest BCUT2D eigenvalue weighted by molar-refractivity contribution is 6.74. The maximum atomic E-state index is 10.8. The van der Waals surface area contributed by atoms with E-state index >= 15 is 0 Å². The highest BCUT2D eigenvalue weighted by Crippen LogP contribution is 2.38. The fourth-order valence-corrected chi connectivity index (χ4v) is 3.24. The summed E-state index contributed by atoms with van der Waals surface area (Å²) in [6.45, 7) is 14.9. The lowest BCUT2D eigenvalue weighted by atomic mass is 10.0.